The van der Waals surface area contributed by atoms with E-state index < -0.39 is 0 Å². The number of amides is 1. The maximum Gasteiger partial charge on any atom is 0.250 e. The Morgan fingerprint density at radius 3 is 2.95 bits per heavy atom. The lowest BCUT2D eigenvalue weighted by Crippen LogP contribution is -2.22. The molecule has 0 spiro atoms. The molecule has 0 aliphatic carbocycles. The number of rotatable bonds is 3. The van der Waals surface area contributed by atoms with Gasteiger partial charge >= 0.3 is 0 Å². The normalized spacial score (nSPS) is 14.1. The third-order valence-electron chi connectivity index (χ3n) is 3.13. The summed E-state index contributed by atoms with van der Waals surface area (Å²) in [7, 11) is 0. The molecule has 3 rings (SSSR count). The van der Waals surface area contributed by atoms with Gasteiger partial charge < -0.3 is 5.32 Å². The fraction of sp³-hybridized carbons (Fsp3) is 0.200. The number of thiazole rings is 1. The van der Waals surface area contributed by atoms with E-state index in [2.05, 4.69) is 15.6 Å². The zero-order valence-electron chi connectivity index (χ0n) is 11.2. The lowest BCUT2D eigenvalue weighted by atomic mass is 10.2. The highest BCUT2D eigenvalue weighted by atomic mass is 32.1. The largest absolute Gasteiger partial charge is 0.311 e. The molecule has 0 atom stereocenters. The average Bonchev–Trinajstić information content (AvgIpc) is 2.88. The van der Waals surface area contributed by atoms with E-state index in [9.17, 15) is 9.18 Å². The summed E-state index contributed by atoms with van der Waals surface area (Å²) in [5, 5.41) is 6.66. The minimum atomic E-state index is -0.293. The molecule has 2 heterocycles. The number of nitrogens with zero attached hydrogens (tertiary/aromatic N) is 1. The molecule has 1 aliphatic rings. The summed E-state index contributed by atoms with van der Waals surface area (Å²) in [5.41, 5.74) is 1.84. The number of fused-ring (bicyclic) bond motifs is 1. The first kappa shape index (κ1) is 13.9. The van der Waals surface area contributed by atoms with Crippen molar-refractivity contribution < 1.29 is 9.18 Å². The van der Waals surface area contributed by atoms with Crippen LogP contribution in [0.15, 0.2) is 30.3 Å². The van der Waals surface area contributed by atoms with Crippen LogP contribution in [-0.4, -0.2) is 17.4 Å². The van der Waals surface area contributed by atoms with Crippen molar-refractivity contribution in [2.24, 2.45) is 0 Å². The predicted octanol–water partition coefficient (Wildman–Crippen LogP) is 2.58. The van der Waals surface area contributed by atoms with E-state index in [0.717, 1.165) is 30.8 Å². The van der Waals surface area contributed by atoms with Crippen LogP contribution in [0.3, 0.4) is 0 Å². The van der Waals surface area contributed by atoms with Gasteiger partial charge in [0.1, 0.15) is 5.82 Å². The molecule has 2 aromatic rings. The highest BCUT2D eigenvalue weighted by Crippen LogP contribution is 2.25. The van der Waals surface area contributed by atoms with Crippen LogP contribution in [0.25, 0.3) is 6.08 Å². The Morgan fingerprint density at radius 1 is 1.38 bits per heavy atom. The summed E-state index contributed by atoms with van der Waals surface area (Å²) in [5.74, 6) is -0.531. The molecule has 1 amide bonds. The highest BCUT2D eigenvalue weighted by Gasteiger charge is 2.15. The smallest absolute Gasteiger partial charge is 0.250 e. The first-order valence-corrected chi connectivity index (χ1v) is 7.46. The lowest BCUT2D eigenvalue weighted by molar-refractivity contribution is -0.111. The zero-order valence-corrected chi connectivity index (χ0v) is 12.0. The van der Waals surface area contributed by atoms with Crippen molar-refractivity contribution in [2.75, 3.05) is 11.9 Å². The van der Waals surface area contributed by atoms with Gasteiger partial charge in [-0.15, -0.1) is 11.3 Å². The van der Waals surface area contributed by atoms with Gasteiger partial charge in [0.2, 0.25) is 5.91 Å². The van der Waals surface area contributed by atoms with Crippen LogP contribution in [0.4, 0.5) is 9.52 Å². The first-order valence-electron chi connectivity index (χ1n) is 6.64. The standard InChI is InChI=1S/C15H14FN3OS/c16-11-4-1-10(2-5-11)3-6-14(20)19-15-18-12-7-8-17-9-13(12)21-15/h1-6,17H,7-9H2,(H,18,19,20)/b6-3+. The molecule has 1 aromatic heterocycles. The van der Waals surface area contributed by atoms with Gasteiger partial charge in [0.15, 0.2) is 5.13 Å². The third kappa shape index (κ3) is 3.53. The van der Waals surface area contributed by atoms with E-state index in [-0.39, 0.29) is 11.7 Å². The Hall–Kier alpha value is -2.05. The molecular formula is C15H14FN3OS. The number of hydrogen-bond donors (Lipinski definition) is 2. The molecule has 1 aromatic carbocycles. The summed E-state index contributed by atoms with van der Waals surface area (Å²) in [6, 6.07) is 5.96. The van der Waals surface area contributed by atoms with Crippen LogP contribution in [0, 0.1) is 5.82 Å². The van der Waals surface area contributed by atoms with Gasteiger partial charge in [0, 0.05) is 30.5 Å². The Kier molecular flexibility index (Phi) is 4.08. The molecule has 0 fully saturated rings. The Bertz CT molecular complexity index is 655. The summed E-state index contributed by atoms with van der Waals surface area (Å²) in [6.07, 6.45) is 3.96. The number of aromatic nitrogens is 1. The fourth-order valence-electron chi connectivity index (χ4n) is 2.07. The summed E-state index contributed by atoms with van der Waals surface area (Å²) >= 11 is 1.50. The second-order valence-electron chi connectivity index (χ2n) is 4.69. The van der Waals surface area contributed by atoms with Gasteiger partial charge in [-0.05, 0) is 23.8 Å². The van der Waals surface area contributed by atoms with Gasteiger partial charge in [-0.1, -0.05) is 12.1 Å². The van der Waals surface area contributed by atoms with Crippen molar-refractivity contribution in [2.45, 2.75) is 13.0 Å². The Balaban J connectivity index is 1.63. The SMILES string of the molecule is O=C(/C=C/c1ccc(F)cc1)Nc1nc2c(s1)CNCC2. The van der Waals surface area contributed by atoms with E-state index in [0.29, 0.717) is 5.13 Å². The van der Waals surface area contributed by atoms with Gasteiger partial charge in [0.05, 0.1) is 5.69 Å². The maximum absolute atomic E-state index is 12.8. The second kappa shape index (κ2) is 6.15. The Labute approximate surface area is 125 Å². The predicted molar refractivity (Wildman–Crippen MR) is 81.6 cm³/mol. The van der Waals surface area contributed by atoms with Gasteiger partial charge in [-0.25, -0.2) is 9.37 Å². The molecule has 0 unspecified atom stereocenters. The maximum atomic E-state index is 12.8. The number of carbonyl (C=O) groups excluding carboxylic acids is 1. The van der Waals surface area contributed by atoms with Crippen molar-refractivity contribution >= 4 is 28.5 Å². The molecular weight excluding hydrogens is 289 g/mol. The van der Waals surface area contributed by atoms with Crippen LogP contribution in [-0.2, 0) is 17.8 Å². The van der Waals surface area contributed by atoms with Crippen molar-refractivity contribution in [3.05, 3.63) is 52.3 Å². The van der Waals surface area contributed by atoms with Crippen molar-refractivity contribution in [1.82, 2.24) is 10.3 Å². The topological polar surface area (TPSA) is 54.0 Å². The number of anilines is 1. The monoisotopic (exact) mass is 303 g/mol. The minimum absolute atomic E-state index is 0.238. The Morgan fingerprint density at radius 2 is 2.19 bits per heavy atom. The van der Waals surface area contributed by atoms with Crippen LogP contribution in [0.5, 0.6) is 0 Å². The highest BCUT2D eigenvalue weighted by molar-refractivity contribution is 7.15. The number of nitrogens with one attached hydrogen (secondary N) is 2. The number of halogens is 1. The van der Waals surface area contributed by atoms with E-state index in [1.807, 2.05) is 0 Å². The molecule has 0 bridgehead atoms. The first-order chi connectivity index (χ1) is 10.2. The van der Waals surface area contributed by atoms with E-state index in [1.54, 1.807) is 18.2 Å². The van der Waals surface area contributed by atoms with Gasteiger partial charge in [0.25, 0.3) is 0 Å². The molecule has 2 N–H and O–H groups in total. The number of carbonyl (C=O) groups is 1. The van der Waals surface area contributed by atoms with E-state index in [4.69, 9.17) is 0 Å². The van der Waals surface area contributed by atoms with Gasteiger partial charge in [-0.2, -0.15) is 0 Å². The number of benzene rings is 1. The van der Waals surface area contributed by atoms with Crippen LogP contribution in [0.2, 0.25) is 0 Å². The molecule has 0 saturated carbocycles. The van der Waals surface area contributed by atoms with Crippen LogP contribution < -0.4 is 10.6 Å². The molecule has 108 valence electrons. The van der Waals surface area contributed by atoms with Crippen molar-refractivity contribution in [1.29, 1.82) is 0 Å². The lowest BCUT2D eigenvalue weighted by Gasteiger charge is -2.09. The molecule has 0 radical (unpaired) electrons. The molecule has 6 heteroatoms. The molecule has 4 nitrogen and oxygen atoms in total. The zero-order chi connectivity index (χ0) is 14.7. The van der Waals surface area contributed by atoms with E-state index >= 15 is 0 Å². The average molecular weight is 303 g/mol. The minimum Gasteiger partial charge on any atom is -0.311 e. The van der Waals surface area contributed by atoms with Gasteiger partial charge in [-0.3, -0.25) is 10.1 Å². The van der Waals surface area contributed by atoms with E-state index in [1.165, 1.54) is 34.4 Å². The quantitative estimate of drug-likeness (QED) is 0.857. The van der Waals surface area contributed by atoms with Crippen molar-refractivity contribution in [3.8, 4) is 0 Å². The summed E-state index contributed by atoms with van der Waals surface area (Å²) in [6.45, 7) is 1.74. The second-order valence-corrected chi connectivity index (χ2v) is 5.77. The fourth-order valence-corrected chi connectivity index (χ4v) is 3.05. The number of hydrogen-bond acceptors (Lipinski definition) is 4. The molecule has 21 heavy (non-hydrogen) atoms. The molecule has 0 saturated heterocycles. The van der Waals surface area contributed by atoms with Crippen LogP contribution in [0.1, 0.15) is 16.1 Å². The van der Waals surface area contributed by atoms with Crippen LogP contribution >= 0.6 is 11.3 Å². The third-order valence-corrected chi connectivity index (χ3v) is 4.14. The summed E-state index contributed by atoms with van der Waals surface area (Å²) in [4.78, 5) is 17.4. The molecule has 1 aliphatic heterocycles. The van der Waals surface area contributed by atoms with Crippen molar-refractivity contribution in [3.63, 3.8) is 0 Å². The summed E-state index contributed by atoms with van der Waals surface area (Å²) < 4.78 is 12.8.